The number of hydrazine groups is 1. The number of nitrogens with zero attached hydrogens (tertiary/aromatic N) is 2. The van der Waals surface area contributed by atoms with Crippen molar-refractivity contribution < 1.29 is 9.90 Å². The van der Waals surface area contributed by atoms with E-state index in [1.165, 1.54) is 0 Å². The fraction of sp³-hybridized carbons (Fsp3) is 0.455. The third-order valence-electron chi connectivity index (χ3n) is 3.05. The molecule has 6 nitrogen and oxygen atoms in total. The first-order valence-electron chi connectivity index (χ1n) is 5.72. The maximum absolute atomic E-state index is 12.3. The number of nitrogen functional groups attached to an aromatic ring is 1. The lowest BCUT2D eigenvalue weighted by Gasteiger charge is -2.23. The third-order valence-corrected chi connectivity index (χ3v) is 3.35. The molecule has 0 spiro atoms. The Labute approximate surface area is 110 Å². The van der Waals surface area contributed by atoms with Crippen LogP contribution in [0.1, 0.15) is 23.3 Å². The van der Waals surface area contributed by atoms with E-state index in [0.717, 1.165) is 12.8 Å². The number of amides is 1. The van der Waals surface area contributed by atoms with E-state index >= 15 is 0 Å². The van der Waals surface area contributed by atoms with Crippen molar-refractivity contribution >= 4 is 23.3 Å². The van der Waals surface area contributed by atoms with Gasteiger partial charge < -0.3 is 15.4 Å². The van der Waals surface area contributed by atoms with Gasteiger partial charge in [-0.3, -0.25) is 4.79 Å². The molecule has 1 aliphatic heterocycles. The highest BCUT2D eigenvalue weighted by Crippen LogP contribution is 2.23. The molecule has 7 heteroatoms. The van der Waals surface area contributed by atoms with Crippen LogP contribution in [0.2, 0.25) is 5.02 Å². The number of rotatable bonds is 3. The standard InChI is InChI=1S/C11H15ClN4O2/c12-8-3-4-9(15-13)14-10(8)11(18)16-5-1-2-7(16)6-17/h3-4,7,17H,1-2,5-6,13H2,(H,14,15). The van der Waals surface area contributed by atoms with Gasteiger partial charge in [0, 0.05) is 6.54 Å². The second-order valence-electron chi connectivity index (χ2n) is 4.15. The highest BCUT2D eigenvalue weighted by Gasteiger charge is 2.30. The van der Waals surface area contributed by atoms with Crippen molar-refractivity contribution in [2.24, 2.45) is 5.84 Å². The molecule has 1 aliphatic rings. The number of hydrogen-bond acceptors (Lipinski definition) is 5. The molecule has 1 saturated heterocycles. The van der Waals surface area contributed by atoms with E-state index in [-0.39, 0.29) is 29.3 Å². The number of nitrogens with one attached hydrogen (secondary N) is 1. The Bertz CT molecular complexity index is 455. The van der Waals surface area contributed by atoms with Gasteiger partial charge in [0.2, 0.25) is 0 Å². The number of carbonyl (C=O) groups is 1. The number of halogens is 1. The summed E-state index contributed by atoms with van der Waals surface area (Å²) in [5.74, 6) is 5.36. The normalized spacial score (nSPS) is 19.1. The first kappa shape index (κ1) is 13.1. The minimum absolute atomic E-state index is 0.0435. The van der Waals surface area contributed by atoms with Crippen molar-refractivity contribution in [2.75, 3.05) is 18.6 Å². The summed E-state index contributed by atoms with van der Waals surface area (Å²) in [6, 6.07) is 3.01. The maximum Gasteiger partial charge on any atom is 0.274 e. The average Bonchev–Trinajstić information content (AvgIpc) is 2.86. The lowest BCUT2D eigenvalue weighted by atomic mass is 10.2. The summed E-state index contributed by atoms with van der Waals surface area (Å²) in [6.07, 6.45) is 1.68. The van der Waals surface area contributed by atoms with Gasteiger partial charge >= 0.3 is 0 Å². The SMILES string of the molecule is NNc1ccc(Cl)c(C(=O)N2CCCC2CO)n1. The van der Waals surface area contributed by atoms with Gasteiger partial charge in [0.1, 0.15) is 11.5 Å². The zero-order valence-corrected chi connectivity index (χ0v) is 10.5. The van der Waals surface area contributed by atoms with E-state index in [4.69, 9.17) is 17.4 Å². The Hall–Kier alpha value is -1.37. The highest BCUT2D eigenvalue weighted by molar-refractivity contribution is 6.33. The van der Waals surface area contributed by atoms with Crippen LogP contribution in [0.25, 0.3) is 0 Å². The van der Waals surface area contributed by atoms with Gasteiger partial charge in [0.05, 0.1) is 17.7 Å². The molecule has 1 amide bonds. The van der Waals surface area contributed by atoms with Crippen LogP contribution >= 0.6 is 11.6 Å². The van der Waals surface area contributed by atoms with E-state index in [0.29, 0.717) is 12.4 Å². The summed E-state index contributed by atoms with van der Waals surface area (Å²) in [5, 5.41) is 9.50. The summed E-state index contributed by atoms with van der Waals surface area (Å²) < 4.78 is 0. The fourth-order valence-electron chi connectivity index (χ4n) is 2.10. The van der Waals surface area contributed by atoms with E-state index < -0.39 is 0 Å². The summed E-state index contributed by atoms with van der Waals surface area (Å²) in [4.78, 5) is 18.0. The number of aliphatic hydroxyl groups is 1. The van der Waals surface area contributed by atoms with Gasteiger partial charge in [-0.25, -0.2) is 10.8 Å². The van der Waals surface area contributed by atoms with Crippen molar-refractivity contribution in [3.63, 3.8) is 0 Å². The third kappa shape index (κ3) is 2.40. The number of aromatic nitrogens is 1. The lowest BCUT2D eigenvalue weighted by Crippen LogP contribution is -2.38. The molecule has 0 aromatic carbocycles. The molecule has 1 unspecified atom stereocenters. The van der Waals surface area contributed by atoms with Crippen molar-refractivity contribution in [2.45, 2.75) is 18.9 Å². The van der Waals surface area contributed by atoms with E-state index in [9.17, 15) is 9.90 Å². The maximum atomic E-state index is 12.3. The molecule has 0 bridgehead atoms. The number of aliphatic hydroxyl groups excluding tert-OH is 1. The van der Waals surface area contributed by atoms with Gasteiger partial charge in [-0.2, -0.15) is 0 Å². The molecule has 1 aromatic heterocycles. The topological polar surface area (TPSA) is 91.5 Å². The van der Waals surface area contributed by atoms with Crippen molar-refractivity contribution in [1.29, 1.82) is 0 Å². The second-order valence-corrected chi connectivity index (χ2v) is 4.56. The molecular formula is C11H15ClN4O2. The van der Waals surface area contributed by atoms with Crippen molar-refractivity contribution in [3.05, 3.63) is 22.8 Å². The number of hydrogen-bond donors (Lipinski definition) is 3. The predicted molar refractivity (Wildman–Crippen MR) is 68.2 cm³/mol. The zero-order valence-electron chi connectivity index (χ0n) is 9.77. The summed E-state index contributed by atoms with van der Waals surface area (Å²) in [5.41, 5.74) is 2.54. The number of anilines is 1. The van der Waals surface area contributed by atoms with Crippen LogP contribution in [0.4, 0.5) is 5.82 Å². The first-order chi connectivity index (χ1) is 8.67. The Morgan fingerprint density at radius 2 is 2.44 bits per heavy atom. The number of likely N-dealkylation sites (tertiary alicyclic amines) is 1. The lowest BCUT2D eigenvalue weighted by molar-refractivity contribution is 0.0672. The smallest absolute Gasteiger partial charge is 0.274 e. The van der Waals surface area contributed by atoms with Crippen LogP contribution < -0.4 is 11.3 Å². The van der Waals surface area contributed by atoms with Crippen LogP contribution in [0.3, 0.4) is 0 Å². The van der Waals surface area contributed by atoms with Crippen LogP contribution in [-0.2, 0) is 0 Å². The minimum atomic E-state index is -0.270. The average molecular weight is 271 g/mol. The number of nitrogens with two attached hydrogens (primary N) is 1. The fourth-order valence-corrected chi connectivity index (χ4v) is 2.29. The highest BCUT2D eigenvalue weighted by atomic mass is 35.5. The number of carbonyl (C=O) groups excluding carboxylic acids is 1. The molecule has 0 aliphatic carbocycles. The largest absolute Gasteiger partial charge is 0.394 e. The summed E-state index contributed by atoms with van der Waals surface area (Å²) >= 11 is 5.98. The number of pyridine rings is 1. The Morgan fingerprint density at radius 1 is 1.67 bits per heavy atom. The Balaban J connectivity index is 2.27. The van der Waals surface area contributed by atoms with Gasteiger partial charge in [-0.15, -0.1) is 0 Å². The predicted octanol–water partition coefficient (Wildman–Crippen LogP) is 0.617. The molecule has 0 radical (unpaired) electrons. The van der Waals surface area contributed by atoms with Crippen LogP contribution in [0.5, 0.6) is 0 Å². The molecule has 1 aromatic rings. The van der Waals surface area contributed by atoms with E-state index in [1.807, 2.05) is 0 Å². The summed E-state index contributed by atoms with van der Waals surface area (Å²) in [7, 11) is 0. The van der Waals surface area contributed by atoms with Gasteiger partial charge in [-0.1, -0.05) is 11.6 Å². The zero-order chi connectivity index (χ0) is 13.1. The quantitative estimate of drug-likeness (QED) is 0.553. The van der Waals surface area contributed by atoms with Gasteiger partial charge in [0.25, 0.3) is 5.91 Å². The molecule has 2 rings (SSSR count). The molecular weight excluding hydrogens is 256 g/mol. The molecule has 1 atom stereocenters. The Morgan fingerprint density at radius 3 is 3.11 bits per heavy atom. The van der Waals surface area contributed by atoms with Crippen LogP contribution in [0.15, 0.2) is 12.1 Å². The molecule has 0 saturated carbocycles. The van der Waals surface area contributed by atoms with Crippen LogP contribution in [-0.4, -0.2) is 40.1 Å². The van der Waals surface area contributed by atoms with Gasteiger partial charge in [0.15, 0.2) is 0 Å². The van der Waals surface area contributed by atoms with E-state index in [1.54, 1.807) is 17.0 Å². The molecule has 18 heavy (non-hydrogen) atoms. The molecule has 4 N–H and O–H groups in total. The molecule has 2 heterocycles. The first-order valence-corrected chi connectivity index (χ1v) is 6.10. The monoisotopic (exact) mass is 270 g/mol. The van der Waals surface area contributed by atoms with Gasteiger partial charge in [-0.05, 0) is 25.0 Å². The Kier molecular flexibility index (Phi) is 4.00. The molecule has 1 fully saturated rings. The second kappa shape index (κ2) is 5.51. The van der Waals surface area contributed by atoms with E-state index in [2.05, 4.69) is 10.4 Å². The van der Waals surface area contributed by atoms with Crippen molar-refractivity contribution in [3.8, 4) is 0 Å². The van der Waals surface area contributed by atoms with Crippen molar-refractivity contribution in [1.82, 2.24) is 9.88 Å². The molecule has 98 valence electrons. The summed E-state index contributed by atoms with van der Waals surface area (Å²) in [6.45, 7) is 0.570. The van der Waals surface area contributed by atoms with Crippen LogP contribution in [0, 0.1) is 0 Å². The minimum Gasteiger partial charge on any atom is -0.394 e.